The summed E-state index contributed by atoms with van der Waals surface area (Å²) < 4.78 is 10.9. The van der Waals surface area contributed by atoms with E-state index in [0.717, 1.165) is 30.8 Å². The first-order valence-electron chi connectivity index (χ1n) is 5.95. The lowest BCUT2D eigenvalue weighted by Gasteiger charge is -2.19. The molecular formula is C14H18O3. The van der Waals surface area contributed by atoms with Gasteiger partial charge in [0.05, 0.1) is 12.0 Å². The zero-order valence-corrected chi connectivity index (χ0v) is 10.6. The average Bonchev–Trinajstić information content (AvgIpc) is 2.27. The van der Waals surface area contributed by atoms with Gasteiger partial charge in [0, 0.05) is 0 Å². The first-order chi connectivity index (χ1) is 7.97. The van der Waals surface area contributed by atoms with Crippen molar-refractivity contribution in [3.8, 4) is 11.5 Å². The molecule has 3 nitrogen and oxygen atoms in total. The van der Waals surface area contributed by atoms with E-state index in [9.17, 15) is 4.79 Å². The number of hydrogen-bond donors (Lipinski definition) is 0. The van der Waals surface area contributed by atoms with Gasteiger partial charge < -0.3 is 9.47 Å². The summed E-state index contributed by atoms with van der Waals surface area (Å²) in [6, 6.07) is 5.56. The van der Waals surface area contributed by atoms with Crippen molar-refractivity contribution in [2.45, 2.75) is 33.6 Å². The van der Waals surface area contributed by atoms with Gasteiger partial charge in [0.1, 0.15) is 11.5 Å². The molecule has 1 aromatic carbocycles. The molecule has 0 spiro atoms. The van der Waals surface area contributed by atoms with Gasteiger partial charge in [-0.25, -0.2) is 0 Å². The highest BCUT2D eigenvalue weighted by molar-refractivity contribution is 5.77. The van der Waals surface area contributed by atoms with Gasteiger partial charge in [0.2, 0.25) is 0 Å². The zero-order chi connectivity index (χ0) is 12.5. The molecule has 92 valence electrons. The summed E-state index contributed by atoms with van der Waals surface area (Å²) in [7, 11) is 0. The van der Waals surface area contributed by atoms with Crippen molar-refractivity contribution >= 4 is 5.97 Å². The minimum atomic E-state index is -0.480. The Balaban J connectivity index is 2.15. The van der Waals surface area contributed by atoms with Crippen molar-refractivity contribution < 1.29 is 14.3 Å². The molecule has 0 saturated heterocycles. The maximum absolute atomic E-state index is 11.7. The Morgan fingerprint density at radius 2 is 2.12 bits per heavy atom. The lowest BCUT2D eigenvalue weighted by atomic mass is 9.97. The number of carbonyl (C=O) groups is 1. The van der Waals surface area contributed by atoms with Gasteiger partial charge in [0.25, 0.3) is 0 Å². The van der Waals surface area contributed by atoms with Crippen LogP contribution >= 0.6 is 0 Å². The van der Waals surface area contributed by atoms with Gasteiger partial charge in [-0.2, -0.15) is 0 Å². The summed E-state index contributed by atoms with van der Waals surface area (Å²) in [4.78, 5) is 11.7. The minimum absolute atomic E-state index is 0.214. The summed E-state index contributed by atoms with van der Waals surface area (Å²) in [5, 5.41) is 0. The highest BCUT2D eigenvalue weighted by Crippen LogP contribution is 2.29. The Kier molecular flexibility index (Phi) is 3.09. The summed E-state index contributed by atoms with van der Waals surface area (Å²) >= 11 is 0. The SMILES string of the molecule is CC(C)(C)C(=O)Oc1ccc2c(c1)CCCO2. The summed E-state index contributed by atoms with van der Waals surface area (Å²) in [6.45, 7) is 6.30. The Bertz CT molecular complexity index is 430. The van der Waals surface area contributed by atoms with Crippen LogP contribution in [0.15, 0.2) is 18.2 Å². The molecule has 0 aromatic heterocycles. The zero-order valence-electron chi connectivity index (χ0n) is 10.6. The molecule has 1 aliphatic rings. The van der Waals surface area contributed by atoms with E-state index >= 15 is 0 Å². The molecule has 3 heteroatoms. The molecular weight excluding hydrogens is 216 g/mol. The van der Waals surface area contributed by atoms with E-state index in [-0.39, 0.29) is 5.97 Å². The van der Waals surface area contributed by atoms with Crippen molar-refractivity contribution in [3.05, 3.63) is 23.8 Å². The lowest BCUT2D eigenvalue weighted by Crippen LogP contribution is -2.25. The third-order valence-corrected chi connectivity index (χ3v) is 2.70. The molecule has 0 saturated carbocycles. The van der Waals surface area contributed by atoms with E-state index in [0.29, 0.717) is 5.75 Å². The summed E-state index contributed by atoms with van der Waals surface area (Å²) in [6.07, 6.45) is 2.00. The average molecular weight is 234 g/mol. The Hall–Kier alpha value is -1.51. The fraction of sp³-hybridized carbons (Fsp3) is 0.500. The van der Waals surface area contributed by atoms with E-state index in [1.165, 1.54) is 0 Å². The van der Waals surface area contributed by atoms with Crippen LogP contribution in [0, 0.1) is 5.41 Å². The van der Waals surface area contributed by atoms with E-state index in [1.54, 1.807) is 6.07 Å². The predicted molar refractivity (Wildman–Crippen MR) is 65.3 cm³/mol. The van der Waals surface area contributed by atoms with Crippen LogP contribution in [0.4, 0.5) is 0 Å². The number of fused-ring (bicyclic) bond motifs is 1. The molecule has 17 heavy (non-hydrogen) atoms. The van der Waals surface area contributed by atoms with Crippen molar-refractivity contribution in [2.24, 2.45) is 5.41 Å². The molecule has 0 fully saturated rings. The molecule has 2 rings (SSSR count). The van der Waals surface area contributed by atoms with Crippen molar-refractivity contribution in [1.82, 2.24) is 0 Å². The van der Waals surface area contributed by atoms with E-state index in [2.05, 4.69) is 0 Å². The van der Waals surface area contributed by atoms with E-state index < -0.39 is 5.41 Å². The monoisotopic (exact) mass is 234 g/mol. The Labute approximate surface area is 102 Å². The first-order valence-corrected chi connectivity index (χ1v) is 5.95. The maximum Gasteiger partial charge on any atom is 0.316 e. The fourth-order valence-corrected chi connectivity index (χ4v) is 1.66. The molecule has 0 radical (unpaired) electrons. The second kappa shape index (κ2) is 4.40. The van der Waals surface area contributed by atoms with Gasteiger partial charge >= 0.3 is 5.97 Å². The van der Waals surface area contributed by atoms with Crippen LogP contribution in [-0.2, 0) is 11.2 Å². The molecule has 1 aromatic rings. The van der Waals surface area contributed by atoms with E-state index in [1.807, 2.05) is 32.9 Å². The number of carbonyl (C=O) groups excluding carboxylic acids is 1. The molecule has 0 N–H and O–H groups in total. The number of esters is 1. The van der Waals surface area contributed by atoms with Gasteiger partial charge in [-0.1, -0.05) is 0 Å². The topological polar surface area (TPSA) is 35.5 Å². The molecule has 0 unspecified atom stereocenters. The Morgan fingerprint density at radius 3 is 2.82 bits per heavy atom. The van der Waals surface area contributed by atoms with Gasteiger partial charge in [-0.15, -0.1) is 0 Å². The number of rotatable bonds is 1. The van der Waals surface area contributed by atoms with Crippen LogP contribution in [0.1, 0.15) is 32.8 Å². The highest BCUT2D eigenvalue weighted by atomic mass is 16.5. The van der Waals surface area contributed by atoms with Gasteiger partial charge in [-0.05, 0) is 57.4 Å². The molecule has 0 aliphatic carbocycles. The van der Waals surface area contributed by atoms with E-state index in [4.69, 9.17) is 9.47 Å². The fourth-order valence-electron chi connectivity index (χ4n) is 1.66. The number of aryl methyl sites for hydroxylation is 1. The molecule has 0 bridgehead atoms. The quantitative estimate of drug-likeness (QED) is 0.553. The summed E-state index contributed by atoms with van der Waals surface area (Å²) in [5.74, 6) is 1.30. The minimum Gasteiger partial charge on any atom is -0.493 e. The lowest BCUT2D eigenvalue weighted by molar-refractivity contribution is -0.143. The largest absolute Gasteiger partial charge is 0.493 e. The van der Waals surface area contributed by atoms with Crippen LogP contribution in [0.3, 0.4) is 0 Å². The normalized spacial score (nSPS) is 14.8. The number of benzene rings is 1. The van der Waals surface area contributed by atoms with Crippen molar-refractivity contribution in [1.29, 1.82) is 0 Å². The summed E-state index contributed by atoms with van der Waals surface area (Å²) in [5.41, 5.74) is 0.641. The molecule has 0 amide bonds. The van der Waals surface area contributed by atoms with Crippen molar-refractivity contribution in [2.75, 3.05) is 6.61 Å². The third-order valence-electron chi connectivity index (χ3n) is 2.70. The Morgan fingerprint density at radius 1 is 1.35 bits per heavy atom. The third kappa shape index (κ3) is 2.78. The predicted octanol–water partition coefficient (Wildman–Crippen LogP) is 2.96. The first kappa shape index (κ1) is 12.0. The standard InChI is InChI=1S/C14H18O3/c1-14(2,3)13(15)17-11-6-7-12-10(9-11)5-4-8-16-12/h6-7,9H,4-5,8H2,1-3H3. The van der Waals surface area contributed by atoms with Crippen LogP contribution in [0.5, 0.6) is 11.5 Å². The second-order valence-electron chi connectivity index (χ2n) is 5.36. The van der Waals surface area contributed by atoms with Crippen LogP contribution in [0.25, 0.3) is 0 Å². The number of hydrogen-bond acceptors (Lipinski definition) is 3. The van der Waals surface area contributed by atoms with Crippen LogP contribution < -0.4 is 9.47 Å². The van der Waals surface area contributed by atoms with Crippen LogP contribution in [-0.4, -0.2) is 12.6 Å². The number of ether oxygens (including phenoxy) is 2. The second-order valence-corrected chi connectivity index (χ2v) is 5.36. The smallest absolute Gasteiger partial charge is 0.316 e. The van der Waals surface area contributed by atoms with Gasteiger partial charge in [0.15, 0.2) is 0 Å². The highest BCUT2D eigenvalue weighted by Gasteiger charge is 2.24. The van der Waals surface area contributed by atoms with Gasteiger partial charge in [-0.3, -0.25) is 4.79 Å². The molecule has 1 heterocycles. The van der Waals surface area contributed by atoms with Crippen molar-refractivity contribution in [3.63, 3.8) is 0 Å². The molecule has 0 atom stereocenters. The van der Waals surface area contributed by atoms with Crippen LogP contribution in [0.2, 0.25) is 0 Å². The molecule has 1 aliphatic heterocycles. The maximum atomic E-state index is 11.7.